The molecule has 0 bridgehead atoms. The molecule has 1 aromatic rings. The van der Waals surface area contributed by atoms with E-state index in [0.717, 1.165) is 25.7 Å². The number of nitrogens with zero attached hydrogens (tertiary/aromatic N) is 4. The Balaban J connectivity index is 1.46. The van der Waals surface area contributed by atoms with Crippen molar-refractivity contribution < 1.29 is 9.59 Å². The van der Waals surface area contributed by atoms with Gasteiger partial charge in [0.05, 0.1) is 6.04 Å². The Morgan fingerprint density at radius 1 is 1.44 bits per heavy atom. The first-order chi connectivity index (χ1) is 11.9. The average Bonchev–Trinajstić information content (AvgIpc) is 3.30. The number of nitrogens with one attached hydrogen (secondary N) is 2. The Labute approximate surface area is 149 Å². The molecule has 136 valence electrons. The van der Waals surface area contributed by atoms with Gasteiger partial charge in [-0.1, -0.05) is 18.1 Å². The maximum Gasteiger partial charge on any atom is 0.249 e. The van der Waals surface area contributed by atoms with Crippen LogP contribution in [0.3, 0.4) is 0 Å². The van der Waals surface area contributed by atoms with Crippen LogP contribution in [-0.4, -0.2) is 59.5 Å². The number of aromatic nitrogens is 4. The fraction of sp³-hybridized carbons (Fsp3) is 0.800. The summed E-state index contributed by atoms with van der Waals surface area (Å²) in [4.78, 5) is 26.9. The van der Waals surface area contributed by atoms with E-state index in [1.165, 1.54) is 0 Å². The molecule has 2 aliphatic heterocycles. The normalized spacial score (nSPS) is 32.4. The number of rotatable bonds is 4. The summed E-state index contributed by atoms with van der Waals surface area (Å²) in [6, 6.07) is -1.32. The number of carbonyl (C=O) groups excluding carboxylic acids is 2. The number of H-pyrrole nitrogens is 1. The molecule has 9 nitrogen and oxygen atoms in total. The SMILES string of the molecule is CC1(C)S[C@H]2C(NC(=O)C(N)C3CCCC3)C(=O)N2C1c1nn[nH]n1. The molecule has 3 heterocycles. The van der Waals surface area contributed by atoms with E-state index in [2.05, 4.69) is 25.9 Å². The Morgan fingerprint density at radius 2 is 2.16 bits per heavy atom. The molecule has 0 spiro atoms. The molecule has 1 aliphatic carbocycles. The highest BCUT2D eigenvalue weighted by molar-refractivity contribution is 8.01. The van der Waals surface area contributed by atoms with Gasteiger partial charge >= 0.3 is 0 Å². The third kappa shape index (κ3) is 2.62. The Hall–Kier alpha value is -1.68. The average molecular weight is 365 g/mol. The van der Waals surface area contributed by atoms with Crippen LogP contribution >= 0.6 is 11.8 Å². The third-order valence-corrected chi connectivity index (χ3v) is 7.13. The smallest absolute Gasteiger partial charge is 0.249 e. The zero-order valence-electron chi connectivity index (χ0n) is 14.3. The number of tetrazole rings is 1. The maximum absolute atomic E-state index is 12.7. The number of thioether (sulfide) groups is 1. The number of hydrogen-bond donors (Lipinski definition) is 3. The monoisotopic (exact) mass is 365 g/mol. The molecule has 4 atom stereocenters. The molecule has 3 fully saturated rings. The first-order valence-electron chi connectivity index (χ1n) is 8.69. The lowest BCUT2D eigenvalue weighted by molar-refractivity contribution is -0.152. The van der Waals surface area contributed by atoms with E-state index in [-0.39, 0.29) is 33.9 Å². The van der Waals surface area contributed by atoms with Crippen molar-refractivity contribution in [3.8, 4) is 0 Å². The van der Waals surface area contributed by atoms with Crippen LogP contribution in [0.1, 0.15) is 51.4 Å². The number of hydrogen-bond acceptors (Lipinski definition) is 7. The lowest BCUT2D eigenvalue weighted by Gasteiger charge is -2.44. The molecule has 4 N–H and O–H groups in total. The summed E-state index contributed by atoms with van der Waals surface area (Å²) in [5.41, 5.74) is 6.11. The summed E-state index contributed by atoms with van der Waals surface area (Å²) in [5, 5.41) is 16.9. The second kappa shape index (κ2) is 5.94. The summed E-state index contributed by atoms with van der Waals surface area (Å²) in [5.74, 6) is 0.406. The zero-order chi connectivity index (χ0) is 17.8. The topological polar surface area (TPSA) is 130 Å². The predicted molar refractivity (Wildman–Crippen MR) is 91.1 cm³/mol. The van der Waals surface area contributed by atoms with E-state index in [1.807, 2.05) is 13.8 Å². The zero-order valence-corrected chi connectivity index (χ0v) is 15.1. The van der Waals surface area contributed by atoms with E-state index in [1.54, 1.807) is 16.7 Å². The van der Waals surface area contributed by atoms with Crippen molar-refractivity contribution in [2.24, 2.45) is 11.7 Å². The second-order valence-electron chi connectivity index (χ2n) is 7.59. The molecule has 2 amide bonds. The minimum absolute atomic E-state index is 0.107. The summed E-state index contributed by atoms with van der Waals surface area (Å²) < 4.78 is -0.267. The highest BCUT2D eigenvalue weighted by atomic mass is 32.2. The third-order valence-electron chi connectivity index (χ3n) is 5.56. The van der Waals surface area contributed by atoms with Crippen molar-refractivity contribution in [2.75, 3.05) is 0 Å². The Kier molecular flexibility index (Phi) is 3.99. The first kappa shape index (κ1) is 16.8. The number of nitrogens with two attached hydrogens (primary N) is 1. The number of carbonyl (C=O) groups is 2. The molecule has 4 rings (SSSR count). The largest absolute Gasteiger partial charge is 0.340 e. The molecule has 10 heteroatoms. The van der Waals surface area contributed by atoms with Crippen LogP contribution in [0.2, 0.25) is 0 Å². The number of aromatic amines is 1. The fourth-order valence-electron chi connectivity index (χ4n) is 4.23. The number of fused-ring (bicyclic) bond motifs is 1. The molecule has 3 aliphatic rings. The van der Waals surface area contributed by atoms with Crippen LogP contribution in [-0.2, 0) is 9.59 Å². The van der Waals surface area contributed by atoms with Gasteiger partial charge in [-0.2, -0.15) is 5.21 Å². The van der Waals surface area contributed by atoms with Gasteiger partial charge in [0.1, 0.15) is 17.5 Å². The van der Waals surface area contributed by atoms with Crippen LogP contribution in [0.15, 0.2) is 0 Å². The van der Waals surface area contributed by atoms with Crippen LogP contribution in [0.5, 0.6) is 0 Å². The molecule has 0 radical (unpaired) electrons. The standard InChI is InChI=1S/C15H23N7O2S/c1-15(2)10(11-18-20-21-19-11)22-13(24)9(14(22)25-15)17-12(23)8(16)7-5-3-4-6-7/h7-10,14H,3-6,16H2,1-2H3,(H,17,23)(H,18,19,20,21)/t8?,9?,10?,14-/m0/s1. The van der Waals surface area contributed by atoms with E-state index < -0.39 is 12.1 Å². The Bertz CT molecular complexity index is 673. The quantitative estimate of drug-likeness (QED) is 0.637. The van der Waals surface area contributed by atoms with Crippen molar-refractivity contribution >= 4 is 23.6 Å². The predicted octanol–water partition coefficient (Wildman–Crippen LogP) is -0.0632. The minimum Gasteiger partial charge on any atom is -0.340 e. The van der Waals surface area contributed by atoms with Gasteiger partial charge in [-0.3, -0.25) is 9.59 Å². The van der Waals surface area contributed by atoms with E-state index >= 15 is 0 Å². The van der Waals surface area contributed by atoms with E-state index in [0.29, 0.717) is 5.82 Å². The Morgan fingerprint density at radius 3 is 2.80 bits per heavy atom. The molecule has 1 aromatic heterocycles. The van der Waals surface area contributed by atoms with E-state index in [9.17, 15) is 9.59 Å². The second-order valence-corrected chi connectivity index (χ2v) is 9.36. The van der Waals surface area contributed by atoms with Crippen molar-refractivity contribution in [1.82, 2.24) is 30.8 Å². The van der Waals surface area contributed by atoms with Crippen molar-refractivity contribution in [3.05, 3.63) is 5.82 Å². The molecular weight excluding hydrogens is 342 g/mol. The summed E-state index contributed by atoms with van der Waals surface area (Å²) in [6.07, 6.45) is 4.23. The fourth-order valence-corrected chi connectivity index (χ4v) is 5.86. The van der Waals surface area contributed by atoms with Crippen LogP contribution < -0.4 is 11.1 Å². The van der Waals surface area contributed by atoms with Crippen molar-refractivity contribution in [1.29, 1.82) is 0 Å². The van der Waals surface area contributed by atoms with Crippen LogP contribution in [0.4, 0.5) is 0 Å². The summed E-state index contributed by atoms with van der Waals surface area (Å²) >= 11 is 1.65. The summed E-state index contributed by atoms with van der Waals surface area (Å²) in [6.45, 7) is 4.10. The van der Waals surface area contributed by atoms with Gasteiger partial charge in [0, 0.05) is 4.75 Å². The minimum atomic E-state index is -0.531. The molecule has 25 heavy (non-hydrogen) atoms. The maximum atomic E-state index is 12.7. The van der Waals surface area contributed by atoms with Crippen LogP contribution in [0.25, 0.3) is 0 Å². The molecule has 3 unspecified atom stereocenters. The molecular formula is C15H23N7O2S. The molecule has 1 saturated carbocycles. The van der Waals surface area contributed by atoms with E-state index in [4.69, 9.17) is 5.73 Å². The van der Waals surface area contributed by atoms with Gasteiger partial charge in [0.2, 0.25) is 11.8 Å². The van der Waals surface area contributed by atoms with Crippen LogP contribution in [0, 0.1) is 5.92 Å². The van der Waals surface area contributed by atoms with Gasteiger partial charge in [-0.05, 0) is 32.6 Å². The van der Waals surface area contributed by atoms with Gasteiger partial charge in [0.25, 0.3) is 0 Å². The lowest BCUT2D eigenvalue weighted by Crippen LogP contribution is -2.69. The van der Waals surface area contributed by atoms with Gasteiger partial charge in [-0.25, -0.2) is 0 Å². The summed E-state index contributed by atoms with van der Waals surface area (Å²) in [7, 11) is 0. The van der Waals surface area contributed by atoms with Crippen molar-refractivity contribution in [3.63, 3.8) is 0 Å². The number of β-lactam (4-membered cyclic amide) rings is 1. The lowest BCUT2D eigenvalue weighted by atomic mass is 9.94. The van der Waals surface area contributed by atoms with Gasteiger partial charge in [-0.15, -0.1) is 22.0 Å². The number of amides is 2. The van der Waals surface area contributed by atoms with Crippen molar-refractivity contribution in [2.45, 2.75) is 67.8 Å². The van der Waals surface area contributed by atoms with Gasteiger partial charge < -0.3 is 16.0 Å². The van der Waals surface area contributed by atoms with Gasteiger partial charge in [0.15, 0.2) is 5.82 Å². The highest BCUT2D eigenvalue weighted by Gasteiger charge is 2.63. The molecule has 2 saturated heterocycles. The highest BCUT2D eigenvalue weighted by Crippen LogP contribution is 2.56. The first-order valence-corrected chi connectivity index (χ1v) is 9.57. The molecule has 0 aromatic carbocycles.